The summed E-state index contributed by atoms with van der Waals surface area (Å²) in [6, 6.07) is 3.37. The lowest BCUT2D eigenvalue weighted by molar-refractivity contribution is 0.0696. The van der Waals surface area contributed by atoms with E-state index in [0.29, 0.717) is 5.69 Å². The number of nitrogens with zero attached hydrogens (tertiary/aromatic N) is 2. The predicted molar refractivity (Wildman–Crippen MR) is 73.0 cm³/mol. The van der Waals surface area contributed by atoms with Crippen molar-refractivity contribution in [1.29, 1.82) is 0 Å². The Morgan fingerprint density at radius 3 is 2.10 bits per heavy atom. The van der Waals surface area contributed by atoms with Crippen LogP contribution in [-0.2, 0) is 0 Å². The largest absolute Gasteiger partial charge is 0.478 e. The van der Waals surface area contributed by atoms with Crippen LogP contribution in [0.3, 0.4) is 0 Å². The molecule has 0 aliphatic rings. The number of aromatic carboxylic acids is 2. The summed E-state index contributed by atoms with van der Waals surface area (Å²) >= 11 is 0.892. The number of carbonyl (C=O) groups is 3. The Balaban J connectivity index is 2.35. The van der Waals surface area contributed by atoms with Gasteiger partial charge in [0.05, 0.1) is 16.8 Å². The zero-order valence-electron chi connectivity index (χ0n) is 10.7. The van der Waals surface area contributed by atoms with E-state index in [0.717, 1.165) is 17.6 Å². The lowest BCUT2D eigenvalue weighted by Gasteiger charge is -2.06. The molecule has 0 saturated heterocycles. The summed E-state index contributed by atoms with van der Waals surface area (Å²) in [6.07, 6.45) is 0. The summed E-state index contributed by atoms with van der Waals surface area (Å²) in [6.45, 7) is 1.61. The van der Waals surface area contributed by atoms with Crippen molar-refractivity contribution in [3.8, 4) is 0 Å². The number of carboxylic acid groups (broad SMARTS) is 2. The highest BCUT2D eigenvalue weighted by Gasteiger charge is 2.16. The van der Waals surface area contributed by atoms with Crippen molar-refractivity contribution in [2.24, 2.45) is 0 Å². The number of carbonyl (C=O) groups excluding carboxylic acids is 1. The van der Waals surface area contributed by atoms with E-state index in [1.807, 2.05) is 0 Å². The normalized spacial score (nSPS) is 10.1. The Hall–Kier alpha value is -2.81. The van der Waals surface area contributed by atoms with Crippen LogP contribution < -0.4 is 5.32 Å². The number of benzene rings is 1. The third-order valence-electron chi connectivity index (χ3n) is 2.54. The van der Waals surface area contributed by atoms with Crippen LogP contribution in [0.5, 0.6) is 0 Å². The lowest BCUT2D eigenvalue weighted by atomic mass is 10.1. The molecule has 2 aromatic rings. The van der Waals surface area contributed by atoms with Crippen LogP contribution in [0.25, 0.3) is 0 Å². The van der Waals surface area contributed by atoms with Gasteiger partial charge in [0.1, 0.15) is 4.88 Å². The minimum absolute atomic E-state index is 0.0742. The Kier molecular flexibility index (Phi) is 3.94. The molecule has 0 spiro atoms. The zero-order chi connectivity index (χ0) is 15.6. The predicted octanol–water partition coefficient (Wildman–Crippen LogP) is 1.50. The fourth-order valence-electron chi connectivity index (χ4n) is 1.57. The van der Waals surface area contributed by atoms with Crippen molar-refractivity contribution in [3.63, 3.8) is 0 Å². The second kappa shape index (κ2) is 5.67. The molecule has 1 aromatic heterocycles. The number of amides is 1. The van der Waals surface area contributed by atoms with Crippen LogP contribution in [0.2, 0.25) is 0 Å². The van der Waals surface area contributed by atoms with Gasteiger partial charge < -0.3 is 15.5 Å². The highest BCUT2D eigenvalue weighted by Crippen LogP contribution is 2.18. The van der Waals surface area contributed by atoms with Gasteiger partial charge in [-0.1, -0.05) is 4.49 Å². The third-order valence-corrected chi connectivity index (χ3v) is 3.37. The lowest BCUT2D eigenvalue weighted by Crippen LogP contribution is -2.13. The maximum atomic E-state index is 12.0. The van der Waals surface area contributed by atoms with Crippen molar-refractivity contribution < 1.29 is 24.6 Å². The van der Waals surface area contributed by atoms with Crippen molar-refractivity contribution in [2.75, 3.05) is 5.32 Å². The van der Waals surface area contributed by atoms with E-state index in [4.69, 9.17) is 10.2 Å². The first-order valence-electron chi connectivity index (χ1n) is 5.60. The minimum Gasteiger partial charge on any atom is -0.478 e. The fourth-order valence-corrected chi connectivity index (χ4v) is 2.13. The van der Waals surface area contributed by atoms with E-state index in [1.165, 1.54) is 12.1 Å². The van der Waals surface area contributed by atoms with Gasteiger partial charge in [-0.05, 0) is 36.7 Å². The van der Waals surface area contributed by atoms with Gasteiger partial charge in [-0.25, -0.2) is 9.59 Å². The van der Waals surface area contributed by atoms with Crippen LogP contribution in [0, 0.1) is 6.92 Å². The average molecular weight is 307 g/mol. The number of rotatable bonds is 4. The van der Waals surface area contributed by atoms with Crippen molar-refractivity contribution in [1.82, 2.24) is 9.59 Å². The Morgan fingerprint density at radius 1 is 1.10 bits per heavy atom. The van der Waals surface area contributed by atoms with Gasteiger partial charge in [0.2, 0.25) is 0 Å². The van der Waals surface area contributed by atoms with E-state index < -0.39 is 17.8 Å². The first kappa shape index (κ1) is 14.6. The van der Waals surface area contributed by atoms with Crippen molar-refractivity contribution in [2.45, 2.75) is 6.92 Å². The van der Waals surface area contributed by atoms with Crippen molar-refractivity contribution in [3.05, 3.63) is 39.9 Å². The molecule has 21 heavy (non-hydrogen) atoms. The Morgan fingerprint density at radius 2 is 1.67 bits per heavy atom. The molecule has 2 rings (SSSR count). The first-order chi connectivity index (χ1) is 9.88. The standard InChI is InChI=1S/C12H9N3O5S/c1-5-9(21-15-14-5)10(16)13-8-3-6(11(17)18)2-7(4-8)12(19)20/h2-4H,1H3,(H,13,16)(H,17,18)(H,19,20). The molecule has 3 N–H and O–H groups in total. The number of hydrogen-bond acceptors (Lipinski definition) is 6. The number of hydrogen-bond donors (Lipinski definition) is 3. The molecule has 0 aliphatic carbocycles. The van der Waals surface area contributed by atoms with Gasteiger partial charge in [0.25, 0.3) is 5.91 Å². The van der Waals surface area contributed by atoms with E-state index in [1.54, 1.807) is 6.92 Å². The molecular weight excluding hydrogens is 298 g/mol. The van der Waals surface area contributed by atoms with Crippen molar-refractivity contribution >= 4 is 35.1 Å². The van der Waals surface area contributed by atoms with E-state index >= 15 is 0 Å². The molecule has 0 saturated carbocycles. The van der Waals surface area contributed by atoms with Gasteiger partial charge in [-0.3, -0.25) is 4.79 Å². The quantitative estimate of drug-likeness (QED) is 0.780. The van der Waals surface area contributed by atoms with Crippen LogP contribution in [0.1, 0.15) is 36.1 Å². The minimum atomic E-state index is -1.29. The summed E-state index contributed by atoms with van der Waals surface area (Å²) < 4.78 is 3.62. The molecule has 8 nitrogen and oxygen atoms in total. The highest BCUT2D eigenvalue weighted by atomic mass is 32.1. The molecule has 0 unspecified atom stereocenters. The average Bonchev–Trinajstić information content (AvgIpc) is 2.84. The third kappa shape index (κ3) is 3.20. The molecule has 0 fully saturated rings. The van der Waals surface area contributed by atoms with Gasteiger partial charge in [0.15, 0.2) is 0 Å². The van der Waals surface area contributed by atoms with E-state index in [2.05, 4.69) is 14.9 Å². The summed E-state index contributed by atoms with van der Waals surface area (Å²) in [4.78, 5) is 34.2. The van der Waals surface area contributed by atoms with E-state index in [9.17, 15) is 14.4 Å². The molecule has 0 atom stereocenters. The van der Waals surface area contributed by atoms with Gasteiger partial charge in [0, 0.05) is 5.69 Å². The molecule has 0 bridgehead atoms. The van der Waals surface area contributed by atoms with Gasteiger partial charge in [-0.15, -0.1) is 5.10 Å². The molecule has 0 aliphatic heterocycles. The maximum absolute atomic E-state index is 12.0. The molecule has 9 heteroatoms. The number of aromatic nitrogens is 2. The van der Waals surface area contributed by atoms with Gasteiger partial charge in [-0.2, -0.15) is 0 Å². The molecule has 1 aromatic carbocycles. The van der Waals surface area contributed by atoms with Crippen LogP contribution in [-0.4, -0.2) is 37.6 Å². The maximum Gasteiger partial charge on any atom is 0.335 e. The topological polar surface area (TPSA) is 129 Å². The van der Waals surface area contributed by atoms with Crippen LogP contribution >= 0.6 is 11.5 Å². The van der Waals surface area contributed by atoms with Crippen LogP contribution in [0.15, 0.2) is 18.2 Å². The molecule has 1 heterocycles. The van der Waals surface area contributed by atoms with Gasteiger partial charge >= 0.3 is 11.9 Å². The fraction of sp³-hybridized carbons (Fsp3) is 0.0833. The monoisotopic (exact) mass is 307 g/mol. The number of anilines is 1. The number of nitrogens with one attached hydrogen (secondary N) is 1. The second-order valence-corrected chi connectivity index (χ2v) is 4.81. The summed E-state index contributed by atoms with van der Waals surface area (Å²) in [5, 5.41) is 24.0. The SMILES string of the molecule is Cc1nnsc1C(=O)Nc1cc(C(=O)O)cc(C(=O)O)c1. The Bertz CT molecular complexity index is 708. The number of aryl methyl sites for hydroxylation is 1. The summed E-state index contributed by atoms with van der Waals surface area (Å²) in [7, 11) is 0. The molecular formula is C12H9N3O5S. The number of carboxylic acids is 2. The molecule has 108 valence electrons. The molecule has 1 amide bonds. The van der Waals surface area contributed by atoms with E-state index in [-0.39, 0.29) is 21.7 Å². The zero-order valence-corrected chi connectivity index (χ0v) is 11.5. The highest BCUT2D eigenvalue weighted by molar-refractivity contribution is 7.08. The molecule has 0 radical (unpaired) electrons. The summed E-state index contributed by atoms with van der Waals surface area (Å²) in [5.41, 5.74) is 0.0455. The smallest absolute Gasteiger partial charge is 0.335 e. The van der Waals surface area contributed by atoms with Crippen LogP contribution in [0.4, 0.5) is 5.69 Å². The Labute approximate surface area is 122 Å². The first-order valence-corrected chi connectivity index (χ1v) is 6.38. The second-order valence-electron chi connectivity index (χ2n) is 4.05. The summed E-state index contributed by atoms with van der Waals surface area (Å²) in [5.74, 6) is -3.10.